The van der Waals surface area contributed by atoms with E-state index in [-0.39, 0.29) is 42.4 Å². The highest BCUT2D eigenvalue weighted by Crippen LogP contribution is 2.27. The van der Waals surface area contributed by atoms with Gasteiger partial charge in [-0.1, -0.05) is 13.8 Å². The Morgan fingerprint density at radius 1 is 1.17 bits per heavy atom. The monoisotopic (exact) mass is 496 g/mol. The van der Waals surface area contributed by atoms with Crippen LogP contribution in [0.1, 0.15) is 54.3 Å². The highest BCUT2D eigenvalue weighted by Gasteiger charge is 2.31. The maximum Gasteiger partial charge on any atom is 0.257 e. The van der Waals surface area contributed by atoms with Crippen LogP contribution in [0.4, 0.5) is 5.69 Å². The number of methoxy groups -OCH3 is 1. The number of rotatable bonds is 5. The predicted octanol–water partition coefficient (Wildman–Crippen LogP) is 3.47. The van der Waals surface area contributed by atoms with E-state index in [4.69, 9.17) is 9.47 Å². The topological polar surface area (TPSA) is 101 Å². The summed E-state index contributed by atoms with van der Waals surface area (Å²) in [6, 6.07) is 8.15. The number of nitrogens with one attached hydrogen (secondary N) is 1. The lowest BCUT2D eigenvalue weighted by atomic mass is 10.0. The summed E-state index contributed by atoms with van der Waals surface area (Å²) in [6.45, 7) is 6.81. The van der Waals surface area contributed by atoms with Crippen molar-refractivity contribution in [1.82, 2.24) is 14.8 Å². The van der Waals surface area contributed by atoms with Gasteiger partial charge in [0.05, 0.1) is 17.7 Å². The molecule has 3 atom stereocenters. The number of pyridine rings is 1. The molecule has 3 rings (SSSR count). The maximum absolute atomic E-state index is 13.4. The number of nitrogens with zero attached hydrogens (tertiary/aromatic N) is 3. The molecule has 9 nitrogen and oxygen atoms in total. The van der Waals surface area contributed by atoms with Crippen LogP contribution in [0.5, 0.6) is 5.75 Å². The molecule has 194 valence electrons. The maximum atomic E-state index is 13.4. The number of benzene rings is 1. The minimum absolute atomic E-state index is 0.0583. The standard InChI is InChI=1S/C27H36N4O5/c1-6-7-25(32)29-21-8-9-23-22(14-21)27(34)30(4)16-24(35-5)18(2)15-31(19(3)17-36-23)26(33)20-10-12-28-13-11-20/h8-14,18-19,24H,6-7,15-17H2,1-5H3,(H,29,32)/t18-,19-,24-/m1/s1. The number of hydrogen-bond donors (Lipinski definition) is 1. The van der Waals surface area contributed by atoms with Gasteiger partial charge in [0.1, 0.15) is 12.4 Å². The van der Waals surface area contributed by atoms with Crippen LogP contribution >= 0.6 is 0 Å². The normalized spacial score (nSPS) is 21.0. The van der Waals surface area contributed by atoms with Gasteiger partial charge in [-0.25, -0.2) is 0 Å². The highest BCUT2D eigenvalue weighted by molar-refractivity contribution is 5.99. The average Bonchev–Trinajstić information content (AvgIpc) is 2.88. The zero-order valence-electron chi connectivity index (χ0n) is 21.7. The molecule has 1 aliphatic rings. The number of fused-ring (bicyclic) bond motifs is 1. The van der Waals surface area contributed by atoms with Crippen molar-refractivity contribution in [3.05, 3.63) is 53.9 Å². The quantitative estimate of drug-likeness (QED) is 0.680. The average molecular weight is 497 g/mol. The number of aromatic nitrogens is 1. The summed E-state index contributed by atoms with van der Waals surface area (Å²) < 4.78 is 11.9. The van der Waals surface area contributed by atoms with Crippen molar-refractivity contribution in [3.63, 3.8) is 0 Å². The van der Waals surface area contributed by atoms with Crippen LogP contribution in [0.15, 0.2) is 42.7 Å². The molecule has 0 unspecified atom stereocenters. The molecule has 0 saturated carbocycles. The van der Waals surface area contributed by atoms with Gasteiger partial charge in [0.25, 0.3) is 11.8 Å². The van der Waals surface area contributed by atoms with Gasteiger partial charge in [0.15, 0.2) is 0 Å². The Labute approximate surface area is 212 Å². The molecule has 0 bridgehead atoms. The van der Waals surface area contributed by atoms with E-state index in [2.05, 4.69) is 10.3 Å². The van der Waals surface area contributed by atoms with E-state index >= 15 is 0 Å². The number of amides is 3. The molecule has 2 aromatic rings. The molecule has 1 aliphatic heterocycles. The number of carbonyl (C=O) groups is 3. The number of anilines is 1. The molecular weight excluding hydrogens is 460 g/mol. The molecule has 36 heavy (non-hydrogen) atoms. The van der Waals surface area contributed by atoms with Crippen molar-refractivity contribution in [1.29, 1.82) is 0 Å². The van der Waals surface area contributed by atoms with E-state index < -0.39 is 0 Å². The fourth-order valence-corrected chi connectivity index (χ4v) is 4.25. The fourth-order valence-electron chi connectivity index (χ4n) is 4.25. The summed E-state index contributed by atoms with van der Waals surface area (Å²) >= 11 is 0. The van der Waals surface area contributed by atoms with E-state index in [0.717, 1.165) is 6.42 Å². The molecule has 0 aliphatic carbocycles. The van der Waals surface area contributed by atoms with E-state index in [1.807, 2.05) is 20.8 Å². The smallest absolute Gasteiger partial charge is 0.257 e. The molecule has 0 saturated heterocycles. The molecule has 0 spiro atoms. The third-order valence-electron chi connectivity index (χ3n) is 6.39. The Morgan fingerprint density at radius 2 is 1.89 bits per heavy atom. The molecular formula is C27H36N4O5. The Balaban J connectivity index is 1.96. The van der Waals surface area contributed by atoms with Crippen LogP contribution in [-0.4, -0.2) is 78.5 Å². The van der Waals surface area contributed by atoms with Crippen molar-refractivity contribution < 1.29 is 23.9 Å². The highest BCUT2D eigenvalue weighted by atomic mass is 16.5. The molecule has 1 aromatic carbocycles. The van der Waals surface area contributed by atoms with E-state index in [0.29, 0.717) is 42.1 Å². The lowest BCUT2D eigenvalue weighted by molar-refractivity contribution is -0.116. The van der Waals surface area contributed by atoms with Crippen molar-refractivity contribution in [3.8, 4) is 5.75 Å². The van der Waals surface area contributed by atoms with Gasteiger partial charge in [-0.2, -0.15) is 0 Å². The summed E-state index contributed by atoms with van der Waals surface area (Å²) in [6.07, 6.45) is 4.02. The van der Waals surface area contributed by atoms with Crippen LogP contribution in [0.2, 0.25) is 0 Å². The van der Waals surface area contributed by atoms with E-state index in [9.17, 15) is 14.4 Å². The SMILES string of the molecule is CCCC(=O)Nc1ccc2c(c1)C(=O)N(C)C[C@@H](OC)[C@H](C)CN(C(=O)c1ccncc1)[C@H](C)CO2. The molecule has 9 heteroatoms. The second-order valence-electron chi connectivity index (χ2n) is 9.30. The van der Waals surface area contributed by atoms with E-state index in [1.54, 1.807) is 66.7 Å². The largest absolute Gasteiger partial charge is 0.491 e. The van der Waals surface area contributed by atoms with Crippen molar-refractivity contribution in [2.75, 3.05) is 39.2 Å². The first-order chi connectivity index (χ1) is 17.2. The Morgan fingerprint density at radius 3 is 2.56 bits per heavy atom. The molecule has 1 aromatic heterocycles. The zero-order valence-corrected chi connectivity index (χ0v) is 21.7. The molecule has 0 fully saturated rings. The minimum Gasteiger partial charge on any atom is -0.491 e. The van der Waals surface area contributed by atoms with Crippen molar-refractivity contribution in [2.24, 2.45) is 5.92 Å². The van der Waals surface area contributed by atoms with Gasteiger partial charge in [-0.3, -0.25) is 19.4 Å². The summed E-state index contributed by atoms with van der Waals surface area (Å²) in [4.78, 5) is 46.4. The van der Waals surface area contributed by atoms with Crippen LogP contribution in [0.25, 0.3) is 0 Å². The van der Waals surface area contributed by atoms with Gasteiger partial charge in [0, 0.05) is 63.2 Å². The first-order valence-corrected chi connectivity index (χ1v) is 12.3. The van der Waals surface area contributed by atoms with E-state index in [1.165, 1.54) is 0 Å². The zero-order chi connectivity index (χ0) is 26.2. The minimum atomic E-state index is -0.296. The van der Waals surface area contributed by atoms with Crippen molar-refractivity contribution in [2.45, 2.75) is 45.8 Å². The van der Waals surface area contributed by atoms with Crippen LogP contribution in [0, 0.1) is 5.92 Å². The summed E-state index contributed by atoms with van der Waals surface area (Å²) in [5, 5.41) is 2.84. The Kier molecular flexibility index (Phi) is 9.41. The van der Waals surface area contributed by atoms with Gasteiger partial charge < -0.3 is 24.6 Å². The number of hydrogen-bond acceptors (Lipinski definition) is 6. The van der Waals surface area contributed by atoms with Crippen LogP contribution in [-0.2, 0) is 9.53 Å². The number of ether oxygens (including phenoxy) is 2. The Hall–Kier alpha value is -3.46. The molecule has 3 amide bonds. The van der Waals surface area contributed by atoms with Gasteiger partial charge in [-0.05, 0) is 43.7 Å². The molecule has 0 radical (unpaired) electrons. The second-order valence-corrected chi connectivity index (χ2v) is 9.30. The first kappa shape index (κ1) is 27.1. The number of likely N-dealkylation sites (N-methyl/N-ethyl adjacent to an activating group) is 1. The summed E-state index contributed by atoms with van der Waals surface area (Å²) in [5.74, 6) is -0.127. The fraction of sp³-hybridized carbons (Fsp3) is 0.481. The second kappa shape index (κ2) is 12.5. The predicted molar refractivity (Wildman–Crippen MR) is 137 cm³/mol. The van der Waals surface area contributed by atoms with Crippen LogP contribution < -0.4 is 10.1 Å². The Bertz CT molecular complexity index is 1060. The van der Waals surface area contributed by atoms with Crippen molar-refractivity contribution >= 4 is 23.4 Å². The lowest BCUT2D eigenvalue weighted by Crippen LogP contribution is -2.48. The number of carbonyl (C=O) groups excluding carboxylic acids is 3. The van der Waals surface area contributed by atoms with Crippen LogP contribution in [0.3, 0.4) is 0 Å². The lowest BCUT2D eigenvalue weighted by Gasteiger charge is -2.36. The van der Waals surface area contributed by atoms with Gasteiger partial charge in [0.2, 0.25) is 5.91 Å². The molecule has 1 N–H and O–H groups in total. The third-order valence-corrected chi connectivity index (χ3v) is 6.39. The third kappa shape index (κ3) is 6.60. The summed E-state index contributed by atoms with van der Waals surface area (Å²) in [5.41, 5.74) is 1.42. The van der Waals surface area contributed by atoms with Gasteiger partial charge in [-0.15, -0.1) is 0 Å². The first-order valence-electron chi connectivity index (χ1n) is 12.3. The van der Waals surface area contributed by atoms with Gasteiger partial charge >= 0.3 is 0 Å². The summed E-state index contributed by atoms with van der Waals surface area (Å²) in [7, 11) is 3.32. The molecule has 2 heterocycles.